The number of nitrogens with one attached hydrogen (secondary N) is 2. The quantitative estimate of drug-likeness (QED) is 0.350. The van der Waals surface area contributed by atoms with Crippen molar-refractivity contribution >= 4 is 23.3 Å². The number of aliphatic hydroxyl groups excluding tert-OH is 1. The number of amides is 1. The SMILES string of the molecule is COC(=O)[C@@H](CO)NC(=O)CCNc1ccc(C(F)(F)F)cc1[N+](=O)[O-]. The zero-order chi connectivity index (χ0) is 19.9. The van der Waals surface area contributed by atoms with Gasteiger partial charge in [0.1, 0.15) is 5.69 Å². The van der Waals surface area contributed by atoms with Crippen molar-refractivity contribution in [1.82, 2.24) is 5.32 Å². The number of alkyl halides is 3. The first kappa shape index (κ1) is 21.2. The lowest BCUT2D eigenvalue weighted by molar-refractivity contribution is -0.384. The molecule has 0 saturated carbocycles. The van der Waals surface area contributed by atoms with Crippen LogP contribution in [0.5, 0.6) is 0 Å². The Bertz CT molecular complexity index is 680. The number of halogens is 3. The molecule has 0 heterocycles. The maximum Gasteiger partial charge on any atom is 0.416 e. The second-order valence-electron chi connectivity index (χ2n) is 4.99. The van der Waals surface area contributed by atoms with E-state index < -0.39 is 46.9 Å². The third-order valence-corrected chi connectivity index (χ3v) is 3.19. The Labute approximate surface area is 145 Å². The molecule has 1 aromatic carbocycles. The van der Waals surface area contributed by atoms with Crippen LogP contribution in [0.4, 0.5) is 24.5 Å². The number of esters is 1. The number of nitro groups is 1. The van der Waals surface area contributed by atoms with Crippen LogP contribution >= 0.6 is 0 Å². The molecule has 26 heavy (non-hydrogen) atoms. The van der Waals surface area contributed by atoms with Crippen molar-refractivity contribution in [3.8, 4) is 0 Å². The topological polar surface area (TPSA) is 131 Å². The molecule has 1 amide bonds. The van der Waals surface area contributed by atoms with Gasteiger partial charge in [-0.05, 0) is 12.1 Å². The van der Waals surface area contributed by atoms with Crippen LogP contribution in [-0.2, 0) is 20.5 Å². The molecule has 1 atom stereocenters. The predicted octanol–water partition coefficient (Wildman–Crippen LogP) is 1.07. The highest BCUT2D eigenvalue weighted by atomic mass is 19.4. The number of rotatable bonds is 8. The zero-order valence-electron chi connectivity index (χ0n) is 13.5. The normalized spacial score (nSPS) is 12.2. The van der Waals surface area contributed by atoms with Gasteiger partial charge in [-0.1, -0.05) is 0 Å². The number of methoxy groups -OCH3 is 1. The number of hydrogen-bond acceptors (Lipinski definition) is 7. The second-order valence-corrected chi connectivity index (χ2v) is 4.99. The molecule has 0 fully saturated rings. The largest absolute Gasteiger partial charge is 0.467 e. The molecule has 0 aliphatic carbocycles. The fourth-order valence-corrected chi connectivity index (χ4v) is 1.91. The molecule has 0 unspecified atom stereocenters. The summed E-state index contributed by atoms with van der Waals surface area (Å²) in [5.41, 5.74) is -2.15. The summed E-state index contributed by atoms with van der Waals surface area (Å²) in [6.45, 7) is -0.840. The number of carbonyl (C=O) groups excluding carboxylic acids is 2. The molecule has 0 aromatic heterocycles. The monoisotopic (exact) mass is 379 g/mol. The first-order chi connectivity index (χ1) is 12.1. The maximum atomic E-state index is 12.6. The average Bonchev–Trinajstić information content (AvgIpc) is 2.58. The standard InChI is InChI=1S/C14H16F3N3O6/c1-26-13(23)10(7-21)19-12(22)4-5-18-9-3-2-8(14(15,16)17)6-11(9)20(24)25/h2-3,6,10,18,21H,4-5,7H2,1H3,(H,19,22)/t10-/m1/s1. The van der Waals surface area contributed by atoms with Crippen LogP contribution in [0, 0.1) is 10.1 Å². The van der Waals surface area contributed by atoms with E-state index in [1.54, 1.807) is 0 Å². The maximum absolute atomic E-state index is 12.6. The lowest BCUT2D eigenvalue weighted by Gasteiger charge is -2.14. The van der Waals surface area contributed by atoms with Crippen LogP contribution in [0.2, 0.25) is 0 Å². The lowest BCUT2D eigenvalue weighted by Crippen LogP contribution is -2.44. The number of anilines is 1. The van der Waals surface area contributed by atoms with Gasteiger partial charge in [0.25, 0.3) is 5.69 Å². The number of nitrogens with zero attached hydrogens (tertiary/aromatic N) is 1. The van der Waals surface area contributed by atoms with E-state index in [1.165, 1.54) is 0 Å². The van der Waals surface area contributed by atoms with Crippen molar-refractivity contribution in [3.05, 3.63) is 33.9 Å². The first-order valence-electron chi connectivity index (χ1n) is 7.17. The Kier molecular flexibility index (Phi) is 7.31. The smallest absolute Gasteiger partial charge is 0.416 e. The summed E-state index contributed by atoms with van der Waals surface area (Å²) in [4.78, 5) is 32.9. The molecule has 0 spiro atoms. The van der Waals surface area contributed by atoms with Crippen molar-refractivity contribution in [3.63, 3.8) is 0 Å². The number of aliphatic hydroxyl groups is 1. The Hall–Kier alpha value is -2.89. The molecule has 3 N–H and O–H groups in total. The highest BCUT2D eigenvalue weighted by Crippen LogP contribution is 2.34. The Morgan fingerprint density at radius 2 is 2.04 bits per heavy atom. The van der Waals surface area contributed by atoms with Crippen LogP contribution in [0.25, 0.3) is 0 Å². The third-order valence-electron chi connectivity index (χ3n) is 3.19. The molecular weight excluding hydrogens is 363 g/mol. The number of benzene rings is 1. The number of nitro benzene ring substituents is 1. The zero-order valence-corrected chi connectivity index (χ0v) is 13.5. The van der Waals surface area contributed by atoms with Crippen molar-refractivity contribution in [1.29, 1.82) is 0 Å². The van der Waals surface area contributed by atoms with E-state index in [0.29, 0.717) is 12.1 Å². The molecule has 0 saturated heterocycles. The van der Waals surface area contributed by atoms with Crippen molar-refractivity contribution in [2.75, 3.05) is 25.6 Å². The van der Waals surface area contributed by atoms with E-state index in [9.17, 15) is 32.9 Å². The summed E-state index contributed by atoms with van der Waals surface area (Å²) in [7, 11) is 1.07. The predicted molar refractivity (Wildman–Crippen MR) is 82.2 cm³/mol. The summed E-state index contributed by atoms with van der Waals surface area (Å²) in [6, 6.07) is 0.702. The molecule has 0 bridgehead atoms. The molecule has 0 radical (unpaired) electrons. The first-order valence-corrected chi connectivity index (χ1v) is 7.17. The Morgan fingerprint density at radius 3 is 2.54 bits per heavy atom. The van der Waals surface area contributed by atoms with Crippen LogP contribution < -0.4 is 10.6 Å². The van der Waals surface area contributed by atoms with Crippen LogP contribution in [0.1, 0.15) is 12.0 Å². The average molecular weight is 379 g/mol. The molecular formula is C14H16F3N3O6. The summed E-state index contributed by atoms with van der Waals surface area (Å²) < 4.78 is 42.2. The fourth-order valence-electron chi connectivity index (χ4n) is 1.91. The van der Waals surface area contributed by atoms with Gasteiger partial charge in [0.05, 0.1) is 24.2 Å². The van der Waals surface area contributed by atoms with E-state index in [4.69, 9.17) is 5.11 Å². The van der Waals surface area contributed by atoms with Crippen molar-refractivity contribution < 1.29 is 37.5 Å². The summed E-state index contributed by atoms with van der Waals surface area (Å²) >= 11 is 0. The molecule has 144 valence electrons. The number of ether oxygens (including phenoxy) is 1. The third kappa shape index (κ3) is 5.88. The van der Waals surface area contributed by atoms with Gasteiger partial charge in [-0.3, -0.25) is 14.9 Å². The number of hydrogen-bond donors (Lipinski definition) is 3. The minimum absolute atomic E-state index is 0.155. The van der Waals surface area contributed by atoms with Crippen LogP contribution in [0.3, 0.4) is 0 Å². The molecule has 12 heteroatoms. The van der Waals surface area contributed by atoms with Gasteiger partial charge in [-0.15, -0.1) is 0 Å². The summed E-state index contributed by atoms with van der Waals surface area (Å²) in [5, 5.41) is 24.6. The molecule has 1 aromatic rings. The van der Waals surface area contributed by atoms with E-state index >= 15 is 0 Å². The minimum atomic E-state index is -4.73. The molecule has 0 aliphatic heterocycles. The van der Waals surface area contributed by atoms with E-state index in [0.717, 1.165) is 13.2 Å². The fraction of sp³-hybridized carbons (Fsp3) is 0.429. The molecule has 0 aliphatic rings. The molecule has 1 rings (SSSR count). The minimum Gasteiger partial charge on any atom is -0.467 e. The van der Waals surface area contributed by atoms with Gasteiger partial charge < -0.3 is 20.5 Å². The Morgan fingerprint density at radius 1 is 1.38 bits per heavy atom. The highest BCUT2D eigenvalue weighted by Gasteiger charge is 2.33. The van der Waals surface area contributed by atoms with Gasteiger partial charge in [0.15, 0.2) is 6.04 Å². The summed E-state index contributed by atoms with van der Waals surface area (Å²) in [5.74, 6) is -1.52. The Balaban J connectivity index is 2.71. The number of carbonyl (C=O) groups is 2. The van der Waals surface area contributed by atoms with Crippen molar-refractivity contribution in [2.45, 2.75) is 18.6 Å². The van der Waals surface area contributed by atoms with Gasteiger partial charge >= 0.3 is 12.1 Å². The second kappa shape index (κ2) is 8.99. The van der Waals surface area contributed by atoms with E-state index in [1.807, 2.05) is 0 Å². The summed E-state index contributed by atoms with van der Waals surface area (Å²) in [6.07, 6.45) is -4.98. The van der Waals surface area contributed by atoms with Gasteiger partial charge in [0, 0.05) is 19.0 Å². The van der Waals surface area contributed by atoms with Gasteiger partial charge in [-0.2, -0.15) is 13.2 Å². The van der Waals surface area contributed by atoms with Crippen molar-refractivity contribution in [2.24, 2.45) is 0 Å². The van der Waals surface area contributed by atoms with E-state index in [2.05, 4.69) is 15.4 Å². The van der Waals surface area contributed by atoms with E-state index in [-0.39, 0.29) is 18.7 Å². The van der Waals surface area contributed by atoms with Crippen LogP contribution in [0.15, 0.2) is 18.2 Å². The lowest BCUT2D eigenvalue weighted by atomic mass is 10.1. The van der Waals surface area contributed by atoms with Crippen LogP contribution in [-0.4, -0.2) is 48.2 Å². The van der Waals surface area contributed by atoms with Gasteiger partial charge in [0.2, 0.25) is 5.91 Å². The molecule has 9 nitrogen and oxygen atoms in total. The highest BCUT2D eigenvalue weighted by molar-refractivity contribution is 5.84. The van der Waals surface area contributed by atoms with Gasteiger partial charge in [-0.25, -0.2) is 4.79 Å².